The van der Waals surface area contributed by atoms with E-state index < -0.39 is 0 Å². The SMILES string of the molecule is CCNC(=NCCc1cccc(C(=O)N(C)C)c1)N1CCCC(C)C1. The van der Waals surface area contributed by atoms with Gasteiger partial charge in [0.25, 0.3) is 5.91 Å². The Labute approximate surface area is 152 Å². The van der Waals surface area contributed by atoms with Crippen molar-refractivity contribution in [1.82, 2.24) is 15.1 Å². The van der Waals surface area contributed by atoms with Gasteiger partial charge in [-0.3, -0.25) is 9.79 Å². The average Bonchev–Trinajstić information content (AvgIpc) is 2.60. The molecule has 5 heteroatoms. The van der Waals surface area contributed by atoms with Gasteiger partial charge in [-0.25, -0.2) is 0 Å². The Morgan fingerprint density at radius 2 is 2.20 bits per heavy atom. The Morgan fingerprint density at radius 3 is 2.88 bits per heavy atom. The summed E-state index contributed by atoms with van der Waals surface area (Å²) in [5.41, 5.74) is 1.89. The fraction of sp³-hybridized carbons (Fsp3) is 0.600. The lowest BCUT2D eigenvalue weighted by atomic mass is 10.0. The van der Waals surface area contributed by atoms with Gasteiger partial charge in [-0.2, -0.15) is 0 Å². The molecule has 1 aromatic carbocycles. The highest BCUT2D eigenvalue weighted by molar-refractivity contribution is 5.94. The zero-order valence-electron chi connectivity index (χ0n) is 16.1. The molecule has 1 fully saturated rings. The third-order valence-corrected chi connectivity index (χ3v) is 4.53. The fourth-order valence-corrected chi connectivity index (χ4v) is 3.22. The number of nitrogens with one attached hydrogen (secondary N) is 1. The second-order valence-electron chi connectivity index (χ2n) is 7.08. The minimum absolute atomic E-state index is 0.0426. The van der Waals surface area contributed by atoms with Crippen molar-refractivity contribution in [3.63, 3.8) is 0 Å². The number of aliphatic imine (C=N–C) groups is 1. The van der Waals surface area contributed by atoms with Crippen molar-refractivity contribution in [2.24, 2.45) is 10.9 Å². The van der Waals surface area contributed by atoms with E-state index in [-0.39, 0.29) is 5.91 Å². The van der Waals surface area contributed by atoms with Crippen LogP contribution in [0, 0.1) is 5.92 Å². The van der Waals surface area contributed by atoms with Crippen LogP contribution in [0.1, 0.15) is 42.6 Å². The monoisotopic (exact) mass is 344 g/mol. The Bertz CT molecular complexity index is 597. The zero-order chi connectivity index (χ0) is 18.2. The predicted octanol–water partition coefficient (Wildman–Crippen LogP) is 2.63. The molecule has 1 heterocycles. The third-order valence-electron chi connectivity index (χ3n) is 4.53. The number of guanidine groups is 1. The number of benzene rings is 1. The summed E-state index contributed by atoms with van der Waals surface area (Å²) < 4.78 is 0. The van der Waals surface area contributed by atoms with Crippen molar-refractivity contribution in [2.75, 3.05) is 40.3 Å². The molecule has 0 spiro atoms. The maximum absolute atomic E-state index is 12.1. The van der Waals surface area contributed by atoms with Crippen LogP contribution in [-0.2, 0) is 6.42 Å². The fourth-order valence-electron chi connectivity index (χ4n) is 3.22. The summed E-state index contributed by atoms with van der Waals surface area (Å²) in [5.74, 6) is 1.79. The summed E-state index contributed by atoms with van der Waals surface area (Å²) >= 11 is 0. The molecule has 1 aromatic rings. The number of hydrogen-bond acceptors (Lipinski definition) is 2. The number of hydrogen-bond donors (Lipinski definition) is 1. The second kappa shape index (κ2) is 9.44. The number of rotatable bonds is 5. The van der Waals surface area contributed by atoms with E-state index in [2.05, 4.69) is 30.1 Å². The van der Waals surface area contributed by atoms with Gasteiger partial charge < -0.3 is 15.1 Å². The van der Waals surface area contributed by atoms with Gasteiger partial charge in [-0.1, -0.05) is 19.1 Å². The predicted molar refractivity (Wildman–Crippen MR) is 104 cm³/mol. The van der Waals surface area contributed by atoms with Gasteiger partial charge in [0.2, 0.25) is 0 Å². The van der Waals surface area contributed by atoms with E-state index in [1.807, 2.05) is 18.2 Å². The van der Waals surface area contributed by atoms with E-state index in [1.165, 1.54) is 12.8 Å². The molecule has 0 aromatic heterocycles. The molecular formula is C20H32N4O. The number of piperidine rings is 1. The van der Waals surface area contributed by atoms with Gasteiger partial charge in [0.05, 0.1) is 0 Å². The smallest absolute Gasteiger partial charge is 0.253 e. The minimum atomic E-state index is 0.0426. The van der Waals surface area contributed by atoms with Crippen LogP contribution in [0.25, 0.3) is 0 Å². The summed E-state index contributed by atoms with van der Waals surface area (Å²) in [6.45, 7) is 8.20. The second-order valence-corrected chi connectivity index (χ2v) is 7.08. The zero-order valence-corrected chi connectivity index (χ0v) is 16.1. The van der Waals surface area contributed by atoms with Gasteiger partial charge in [0.15, 0.2) is 5.96 Å². The molecule has 1 saturated heterocycles. The molecule has 2 rings (SSSR count). The third kappa shape index (κ3) is 5.76. The Morgan fingerprint density at radius 1 is 1.40 bits per heavy atom. The molecule has 1 aliphatic rings. The summed E-state index contributed by atoms with van der Waals surface area (Å²) in [7, 11) is 3.56. The van der Waals surface area contributed by atoms with E-state index in [0.717, 1.165) is 55.6 Å². The maximum atomic E-state index is 12.1. The first kappa shape index (κ1) is 19.3. The maximum Gasteiger partial charge on any atom is 0.253 e. The first-order valence-electron chi connectivity index (χ1n) is 9.35. The standard InChI is InChI=1S/C20H32N4O/c1-5-21-20(24-13-7-8-16(2)15-24)22-12-11-17-9-6-10-18(14-17)19(25)23(3)4/h6,9-10,14,16H,5,7-8,11-13,15H2,1-4H3,(H,21,22). The molecule has 1 unspecified atom stereocenters. The first-order chi connectivity index (χ1) is 12.0. The lowest BCUT2D eigenvalue weighted by Gasteiger charge is -2.33. The number of likely N-dealkylation sites (tertiary alicyclic amines) is 1. The minimum Gasteiger partial charge on any atom is -0.357 e. The molecule has 25 heavy (non-hydrogen) atoms. The molecule has 0 aliphatic carbocycles. The van der Waals surface area contributed by atoms with Crippen LogP contribution in [0.15, 0.2) is 29.3 Å². The van der Waals surface area contributed by atoms with E-state index in [4.69, 9.17) is 4.99 Å². The highest BCUT2D eigenvalue weighted by Crippen LogP contribution is 2.15. The molecule has 1 atom stereocenters. The summed E-state index contributed by atoms with van der Waals surface area (Å²) in [6, 6.07) is 7.87. The molecular weight excluding hydrogens is 312 g/mol. The Kier molecular flexibility index (Phi) is 7.29. The molecule has 0 bridgehead atoms. The van der Waals surface area contributed by atoms with E-state index in [0.29, 0.717) is 0 Å². The van der Waals surface area contributed by atoms with Crippen molar-refractivity contribution in [2.45, 2.75) is 33.1 Å². The number of nitrogens with zero attached hydrogens (tertiary/aromatic N) is 3. The van der Waals surface area contributed by atoms with Crippen LogP contribution in [0.4, 0.5) is 0 Å². The Hall–Kier alpha value is -2.04. The molecule has 138 valence electrons. The lowest BCUT2D eigenvalue weighted by Crippen LogP contribution is -2.46. The van der Waals surface area contributed by atoms with Crippen molar-refractivity contribution in [1.29, 1.82) is 0 Å². The van der Waals surface area contributed by atoms with Crippen molar-refractivity contribution in [3.8, 4) is 0 Å². The van der Waals surface area contributed by atoms with E-state index >= 15 is 0 Å². The summed E-state index contributed by atoms with van der Waals surface area (Å²) in [6.07, 6.45) is 3.38. The molecule has 5 nitrogen and oxygen atoms in total. The molecule has 1 aliphatic heterocycles. The van der Waals surface area contributed by atoms with E-state index in [1.54, 1.807) is 19.0 Å². The van der Waals surface area contributed by atoms with Gasteiger partial charge in [-0.05, 0) is 49.8 Å². The van der Waals surface area contributed by atoms with Crippen LogP contribution >= 0.6 is 0 Å². The highest BCUT2D eigenvalue weighted by atomic mass is 16.2. The number of carbonyl (C=O) groups excluding carboxylic acids is 1. The number of amides is 1. The van der Waals surface area contributed by atoms with Crippen LogP contribution in [0.3, 0.4) is 0 Å². The number of carbonyl (C=O) groups is 1. The first-order valence-corrected chi connectivity index (χ1v) is 9.35. The topological polar surface area (TPSA) is 47.9 Å². The van der Waals surface area contributed by atoms with Gasteiger partial charge in [0, 0.05) is 45.8 Å². The summed E-state index contributed by atoms with van der Waals surface area (Å²) in [5, 5.41) is 3.42. The molecule has 1 N–H and O–H groups in total. The highest BCUT2D eigenvalue weighted by Gasteiger charge is 2.19. The lowest BCUT2D eigenvalue weighted by molar-refractivity contribution is 0.0827. The van der Waals surface area contributed by atoms with Crippen molar-refractivity contribution >= 4 is 11.9 Å². The average molecular weight is 345 g/mol. The quantitative estimate of drug-likeness (QED) is 0.660. The van der Waals surface area contributed by atoms with Gasteiger partial charge in [-0.15, -0.1) is 0 Å². The summed E-state index contributed by atoms with van der Waals surface area (Å²) in [4.78, 5) is 20.9. The largest absolute Gasteiger partial charge is 0.357 e. The van der Waals surface area contributed by atoms with Crippen molar-refractivity contribution in [3.05, 3.63) is 35.4 Å². The van der Waals surface area contributed by atoms with Crippen LogP contribution in [0.2, 0.25) is 0 Å². The molecule has 1 amide bonds. The van der Waals surface area contributed by atoms with Crippen LogP contribution in [-0.4, -0.2) is 61.9 Å². The van der Waals surface area contributed by atoms with Gasteiger partial charge in [0.1, 0.15) is 0 Å². The normalized spacial score (nSPS) is 18.2. The van der Waals surface area contributed by atoms with E-state index in [9.17, 15) is 4.79 Å². The van der Waals surface area contributed by atoms with Gasteiger partial charge >= 0.3 is 0 Å². The Balaban J connectivity index is 1.99. The van der Waals surface area contributed by atoms with Crippen LogP contribution < -0.4 is 5.32 Å². The van der Waals surface area contributed by atoms with Crippen LogP contribution in [0.5, 0.6) is 0 Å². The molecule has 0 saturated carbocycles. The van der Waals surface area contributed by atoms with Crippen molar-refractivity contribution < 1.29 is 4.79 Å². The molecule has 0 radical (unpaired) electrons.